The van der Waals surface area contributed by atoms with Crippen LogP contribution in [-0.4, -0.2) is 30.6 Å². The molecular formula is C15H32N2. The quantitative estimate of drug-likeness (QED) is 0.657. The molecule has 0 aromatic carbocycles. The van der Waals surface area contributed by atoms with Crippen molar-refractivity contribution < 1.29 is 0 Å². The van der Waals surface area contributed by atoms with E-state index in [1.165, 1.54) is 70.8 Å². The molecule has 0 radical (unpaired) electrons. The lowest BCUT2D eigenvalue weighted by atomic mass is 9.80. The van der Waals surface area contributed by atoms with Crippen LogP contribution in [0.2, 0.25) is 0 Å². The standard InChI is InChI=1S/C15H32N2/c1-3-4-5-6-10-13-17(2)15(14-16)11-8-7-9-12-15/h3-14,16H2,1-2H3. The summed E-state index contributed by atoms with van der Waals surface area (Å²) in [6.45, 7) is 4.36. The van der Waals surface area contributed by atoms with Gasteiger partial charge in [0.15, 0.2) is 0 Å². The van der Waals surface area contributed by atoms with Crippen LogP contribution in [0, 0.1) is 0 Å². The average molecular weight is 240 g/mol. The molecule has 2 N–H and O–H groups in total. The molecule has 0 unspecified atom stereocenters. The minimum atomic E-state index is 0.336. The van der Waals surface area contributed by atoms with Gasteiger partial charge in [0.1, 0.15) is 0 Å². The Kier molecular flexibility index (Phi) is 7.14. The Labute approximate surface area is 108 Å². The smallest absolute Gasteiger partial charge is 0.0328 e. The molecule has 0 atom stereocenters. The van der Waals surface area contributed by atoms with Crippen LogP contribution in [0.4, 0.5) is 0 Å². The maximum atomic E-state index is 6.05. The zero-order valence-electron chi connectivity index (χ0n) is 12.0. The SMILES string of the molecule is CCCCCCCN(C)C1(CN)CCCCC1. The normalized spacial score (nSPS) is 19.8. The topological polar surface area (TPSA) is 29.3 Å². The Morgan fingerprint density at radius 3 is 2.24 bits per heavy atom. The fraction of sp³-hybridized carbons (Fsp3) is 1.00. The third kappa shape index (κ3) is 4.59. The van der Waals surface area contributed by atoms with E-state index in [2.05, 4.69) is 18.9 Å². The van der Waals surface area contributed by atoms with E-state index in [-0.39, 0.29) is 0 Å². The van der Waals surface area contributed by atoms with Gasteiger partial charge in [0.2, 0.25) is 0 Å². The number of nitrogens with zero attached hydrogens (tertiary/aromatic N) is 1. The molecule has 0 amide bonds. The zero-order valence-corrected chi connectivity index (χ0v) is 12.0. The van der Waals surface area contributed by atoms with E-state index in [1.807, 2.05) is 0 Å². The van der Waals surface area contributed by atoms with Gasteiger partial charge in [0.05, 0.1) is 0 Å². The lowest BCUT2D eigenvalue weighted by Crippen LogP contribution is -2.53. The first-order chi connectivity index (χ1) is 8.25. The van der Waals surface area contributed by atoms with Gasteiger partial charge in [0.25, 0.3) is 0 Å². The van der Waals surface area contributed by atoms with Gasteiger partial charge in [-0.1, -0.05) is 51.9 Å². The van der Waals surface area contributed by atoms with Gasteiger partial charge < -0.3 is 5.73 Å². The summed E-state index contributed by atoms with van der Waals surface area (Å²) < 4.78 is 0. The highest BCUT2D eigenvalue weighted by Gasteiger charge is 2.33. The second-order valence-electron chi connectivity index (χ2n) is 5.82. The van der Waals surface area contributed by atoms with Crippen molar-refractivity contribution in [1.29, 1.82) is 0 Å². The maximum Gasteiger partial charge on any atom is 0.0328 e. The van der Waals surface area contributed by atoms with Crippen molar-refractivity contribution in [2.24, 2.45) is 5.73 Å². The molecular weight excluding hydrogens is 208 g/mol. The third-order valence-corrected chi connectivity index (χ3v) is 4.57. The van der Waals surface area contributed by atoms with Crippen LogP contribution in [-0.2, 0) is 0 Å². The van der Waals surface area contributed by atoms with E-state index in [9.17, 15) is 0 Å². The molecule has 0 bridgehead atoms. The van der Waals surface area contributed by atoms with E-state index in [1.54, 1.807) is 0 Å². The third-order valence-electron chi connectivity index (χ3n) is 4.57. The summed E-state index contributed by atoms with van der Waals surface area (Å²) in [5.41, 5.74) is 6.39. The van der Waals surface area contributed by atoms with Crippen molar-refractivity contribution in [2.45, 2.75) is 76.7 Å². The summed E-state index contributed by atoms with van der Waals surface area (Å²) in [5, 5.41) is 0. The molecule has 0 aromatic rings. The predicted octanol–water partition coefficient (Wildman–Crippen LogP) is 3.55. The molecule has 17 heavy (non-hydrogen) atoms. The first kappa shape index (κ1) is 15.0. The average Bonchev–Trinajstić information content (AvgIpc) is 2.39. The number of likely N-dealkylation sites (N-methyl/N-ethyl adjacent to an activating group) is 1. The van der Waals surface area contributed by atoms with E-state index in [0.717, 1.165) is 6.54 Å². The largest absolute Gasteiger partial charge is 0.329 e. The molecule has 1 fully saturated rings. The van der Waals surface area contributed by atoms with Crippen LogP contribution in [0.5, 0.6) is 0 Å². The molecule has 1 aliphatic carbocycles. The lowest BCUT2D eigenvalue weighted by Gasteiger charge is -2.44. The van der Waals surface area contributed by atoms with E-state index in [0.29, 0.717) is 5.54 Å². The first-order valence-corrected chi connectivity index (χ1v) is 7.66. The van der Waals surface area contributed by atoms with Crippen LogP contribution >= 0.6 is 0 Å². The Morgan fingerprint density at radius 2 is 1.65 bits per heavy atom. The van der Waals surface area contributed by atoms with E-state index < -0.39 is 0 Å². The van der Waals surface area contributed by atoms with Gasteiger partial charge in [0, 0.05) is 12.1 Å². The van der Waals surface area contributed by atoms with Gasteiger partial charge in [-0.25, -0.2) is 0 Å². The molecule has 2 nitrogen and oxygen atoms in total. The van der Waals surface area contributed by atoms with Crippen LogP contribution in [0.3, 0.4) is 0 Å². The zero-order chi connectivity index (χ0) is 12.6. The summed E-state index contributed by atoms with van der Waals surface area (Å²) in [5.74, 6) is 0. The second kappa shape index (κ2) is 8.10. The highest BCUT2D eigenvalue weighted by Crippen LogP contribution is 2.32. The molecule has 1 rings (SSSR count). The minimum Gasteiger partial charge on any atom is -0.329 e. The fourth-order valence-corrected chi connectivity index (χ4v) is 3.14. The van der Waals surface area contributed by atoms with Crippen molar-refractivity contribution in [2.75, 3.05) is 20.1 Å². The molecule has 1 saturated carbocycles. The van der Waals surface area contributed by atoms with Crippen LogP contribution < -0.4 is 5.73 Å². The number of unbranched alkanes of at least 4 members (excludes halogenated alkanes) is 4. The Bertz CT molecular complexity index is 185. The second-order valence-corrected chi connectivity index (χ2v) is 5.82. The van der Waals surface area contributed by atoms with Crippen LogP contribution in [0.25, 0.3) is 0 Å². The molecule has 0 heterocycles. The number of nitrogens with two attached hydrogens (primary N) is 1. The van der Waals surface area contributed by atoms with Gasteiger partial charge >= 0.3 is 0 Å². The molecule has 0 spiro atoms. The minimum absolute atomic E-state index is 0.336. The van der Waals surface area contributed by atoms with Crippen LogP contribution in [0.1, 0.15) is 71.1 Å². The summed E-state index contributed by atoms with van der Waals surface area (Å²) in [7, 11) is 2.29. The molecule has 102 valence electrons. The maximum absolute atomic E-state index is 6.05. The summed E-state index contributed by atoms with van der Waals surface area (Å²) in [4.78, 5) is 2.57. The van der Waals surface area contributed by atoms with Crippen molar-refractivity contribution in [3.05, 3.63) is 0 Å². The molecule has 0 saturated heterocycles. The Morgan fingerprint density at radius 1 is 1.00 bits per heavy atom. The van der Waals surface area contributed by atoms with Crippen molar-refractivity contribution in [3.63, 3.8) is 0 Å². The van der Waals surface area contributed by atoms with E-state index in [4.69, 9.17) is 5.73 Å². The van der Waals surface area contributed by atoms with Gasteiger partial charge in [-0.05, 0) is 32.9 Å². The van der Waals surface area contributed by atoms with Gasteiger partial charge in [-0.15, -0.1) is 0 Å². The van der Waals surface area contributed by atoms with Crippen molar-refractivity contribution >= 4 is 0 Å². The number of hydrogen-bond donors (Lipinski definition) is 1. The number of rotatable bonds is 8. The Balaban J connectivity index is 2.25. The van der Waals surface area contributed by atoms with Gasteiger partial charge in [-0.2, -0.15) is 0 Å². The summed E-state index contributed by atoms with van der Waals surface area (Å²) in [6.07, 6.45) is 13.6. The molecule has 2 heteroatoms. The van der Waals surface area contributed by atoms with Crippen molar-refractivity contribution in [3.8, 4) is 0 Å². The predicted molar refractivity (Wildman–Crippen MR) is 76.3 cm³/mol. The summed E-state index contributed by atoms with van der Waals surface area (Å²) in [6, 6.07) is 0. The monoisotopic (exact) mass is 240 g/mol. The lowest BCUT2D eigenvalue weighted by molar-refractivity contribution is 0.0809. The van der Waals surface area contributed by atoms with Crippen molar-refractivity contribution in [1.82, 2.24) is 4.90 Å². The Hall–Kier alpha value is -0.0800. The highest BCUT2D eigenvalue weighted by atomic mass is 15.2. The first-order valence-electron chi connectivity index (χ1n) is 7.66. The van der Waals surface area contributed by atoms with E-state index >= 15 is 0 Å². The van der Waals surface area contributed by atoms with Gasteiger partial charge in [-0.3, -0.25) is 4.90 Å². The molecule has 0 aliphatic heterocycles. The molecule has 1 aliphatic rings. The molecule has 0 aromatic heterocycles. The van der Waals surface area contributed by atoms with Crippen LogP contribution in [0.15, 0.2) is 0 Å². The summed E-state index contributed by atoms with van der Waals surface area (Å²) >= 11 is 0. The number of hydrogen-bond acceptors (Lipinski definition) is 2. The fourth-order valence-electron chi connectivity index (χ4n) is 3.14. The highest BCUT2D eigenvalue weighted by molar-refractivity contribution is 4.92.